The molecule has 174 valence electrons. The molecule has 1 aliphatic carbocycles. The van der Waals surface area contributed by atoms with Crippen LogP contribution in [0.5, 0.6) is 0 Å². The van der Waals surface area contributed by atoms with Crippen LogP contribution in [0.25, 0.3) is 0 Å². The predicted octanol–water partition coefficient (Wildman–Crippen LogP) is 5.15. The Morgan fingerprint density at radius 2 is 1.94 bits per heavy atom. The molecule has 2 atom stereocenters. The fraction of sp³-hybridized carbons (Fsp3) is 0.417. The van der Waals surface area contributed by atoms with Gasteiger partial charge in [0.1, 0.15) is 10.8 Å². The maximum absolute atomic E-state index is 12.7. The van der Waals surface area contributed by atoms with Gasteiger partial charge in [0.25, 0.3) is 0 Å². The summed E-state index contributed by atoms with van der Waals surface area (Å²) < 4.78 is 7.27. The number of thiophene rings is 1. The fourth-order valence-corrected chi connectivity index (χ4v) is 5.86. The molecule has 1 saturated carbocycles. The largest absolute Gasteiger partial charge is 0.462 e. The Labute approximate surface area is 201 Å². The van der Waals surface area contributed by atoms with Gasteiger partial charge in [-0.25, -0.2) is 4.79 Å². The van der Waals surface area contributed by atoms with Crippen molar-refractivity contribution in [2.45, 2.75) is 57.7 Å². The summed E-state index contributed by atoms with van der Waals surface area (Å²) in [7, 11) is 0. The van der Waals surface area contributed by atoms with Crippen molar-refractivity contribution in [1.29, 1.82) is 0 Å². The van der Waals surface area contributed by atoms with Crippen molar-refractivity contribution < 1.29 is 14.3 Å². The van der Waals surface area contributed by atoms with E-state index >= 15 is 0 Å². The Bertz CT molecular complexity index is 1160. The molecular formula is C24H28N4O3S2. The summed E-state index contributed by atoms with van der Waals surface area (Å²) in [5.74, 6) is 1.43. The van der Waals surface area contributed by atoms with Crippen molar-refractivity contribution in [1.82, 2.24) is 14.8 Å². The highest BCUT2D eigenvalue weighted by Gasteiger charge is 2.43. The second-order valence-corrected chi connectivity index (χ2v) is 10.2. The van der Waals surface area contributed by atoms with Gasteiger partial charge in [-0.3, -0.25) is 4.79 Å². The van der Waals surface area contributed by atoms with Crippen LogP contribution in [-0.2, 0) is 16.1 Å². The third-order valence-electron chi connectivity index (χ3n) is 5.86. The van der Waals surface area contributed by atoms with Gasteiger partial charge in [0.15, 0.2) is 5.16 Å². The van der Waals surface area contributed by atoms with Crippen LogP contribution < -0.4 is 5.32 Å². The van der Waals surface area contributed by atoms with E-state index < -0.39 is 5.97 Å². The molecule has 0 spiro atoms. The highest BCUT2D eigenvalue weighted by Crippen LogP contribution is 2.54. The summed E-state index contributed by atoms with van der Waals surface area (Å²) in [5, 5.41) is 13.0. The molecule has 0 bridgehead atoms. The molecule has 1 amide bonds. The zero-order valence-electron chi connectivity index (χ0n) is 19.3. The maximum atomic E-state index is 12.7. The number of thioether (sulfide) groups is 1. The Kier molecular flexibility index (Phi) is 7.19. The average Bonchev–Trinajstić information content (AvgIpc) is 3.41. The summed E-state index contributed by atoms with van der Waals surface area (Å²) in [4.78, 5) is 26.0. The first-order valence-corrected chi connectivity index (χ1v) is 12.9. The number of nitrogens with one attached hydrogen (secondary N) is 1. The van der Waals surface area contributed by atoms with Crippen LogP contribution in [-0.4, -0.2) is 39.0 Å². The van der Waals surface area contributed by atoms with Crippen LogP contribution in [0.2, 0.25) is 0 Å². The third kappa shape index (κ3) is 4.99. The SMILES string of the molecule is CCOC(=O)c1c(NC(=O)CSc2nnc(C3CC3c3ccccc3)n2CC)sc(C)c1C. The first kappa shape index (κ1) is 23.5. The Hall–Kier alpha value is -2.65. The Morgan fingerprint density at radius 3 is 2.64 bits per heavy atom. The van der Waals surface area contributed by atoms with Crippen LogP contribution >= 0.6 is 23.1 Å². The molecule has 9 heteroatoms. The smallest absolute Gasteiger partial charge is 0.341 e. The summed E-state index contributed by atoms with van der Waals surface area (Å²) >= 11 is 2.76. The molecule has 0 radical (unpaired) electrons. The van der Waals surface area contributed by atoms with Crippen molar-refractivity contribution in [2.75, 3.05) is 17.7 Å². The number of nitrogens with zero attached hydrogens (tertiary/aromatic N) is 3. The van der Waals surface area contributed by atoms with Gasteiger partial charge in [-0.15, -0.1) is 21.5 Å². The predicted molar refractivity (Wildman–Crippen MR) is 131 cm³/mol. The summed E-state index contributed by atoms with van der Waals surface area (Å²) in [6, 6.07) is 10.5. The Morgan fingerprint density at radius 1 is 1.18 bits per heavy atom. The fourth-order valence-electron chi connectivity index (χ4n) is 3.98. The molecule has 1 aromatic carbocycles. The number of aryl methyl sites for hydroxylation is 1. The van der Waals surface area contributed by atoms with E-state index in [4.69, 9.17) is 4.74 Å². The van der Waals surface area contributed by atoms with Gasteiger partial charge in [0.2, 0.25) is 5.91 Å². The number of ether oxygens (including phenoxy) is 1. The number of amides is 1. The lowest BCUT2D eigenvalue weighted by Gasteiger charge is -2.08. The van der Waals surface area contributed by atoms with E-state index in [1.807, 2.05) is 19.9 Å². The van der Waals surface area contributed by atoms with Gasteiger partial charge in [0.05, 0.1) is 17.9 Å². The van der Waals surface area contributed by atoms with Crippen molar-refractivity contribution in [3.8, 4) is 0 Å². The van der Waals surface area contributed by atoms with Crippen LogP contribution in [0, 0.1) is 13.8 Å². The summed E-state index contributed by atoms with van der Waals surface area (Å²) in [6.07, 6.45) is 1.07. The normalized spacial score (nSPS) is 17.1. The number of rotatable bonds is 9. The van der Waals surface area contributed by atoms with Crippen molar-refractivity contribution in [3.63, 3.8) is 0 Å². The van der Waals surface area contributed by atoms with Gasteiger partial charge in [-0.05, 0) is 51.2 Å². The Balaban J connectivity index is 1.41. The van der Waals surface area contributed by atoms with Gasteiger partial charge < -0.3 is 14.6 Å². The number of hydrogen-bond donors (Lipinski definition) is 1. The van der Waals surface area contributed by atoms with E-state index in [1.165, 1.54) is 28.7 Å². The lowest BCUT2D eigenvalue weighted by Crippen LogP contribution is -2.17. The van der Waals surface area contributed by atoms with Crippen molar-refractivity contribution in [2.24, 2.45) is 0 Å². The standard InChI is InChI=1S/C24H28N4O3S2/c1-5-28-21(18-12-17(18)16-10-8-7-9-11-16)26-27-24(28)32-13-19(29)25-22-20(23(30)31-6-2)14(3)15(4)33-22/h7-11,17-18H,5-6,12-13H2,1-4H3,(H,25,29). The molecular weight excluding hydrogens is 456 g/mol. The lowest BCUT2D eigenvalue weighted by atomic mass is 10.1. The van der Waals surface area contributed by atoms with Crippen LogP contribution in [0.4, 0.5) is 5.00 Å². The molecule has 3 aromatic rings. The lowest BCUT2D eigenvalue weighted by molar-refractivity contribution is -0.113. The van der Waals surface area contributed by atoms with Gasteiger partial charge in [-0.2, -0.15) is 0 Å². The average molecular weight is 485 g/mol. The third-order valence-corrected chi connectivity index (χ3v) is 7.95. The van der Waals surface area contributed by atoms with Crippen molar-refractivity contribution >= 4 is 40.0 Å². The quantitative estimate of drug-likeness (QED) is 0.334. The minimum atomic E-state index is -0.407. The maximum Gasteiger partial charge on any atom is 0.341 e. The number of carbonyl (C=O) groups is 2. The minimum Gasteiger partial charge on any atom is -0.462 e. The van der Waals surface area contributed by atoms with E-state index in [-0.39, 0.29) is 18.3 Å². The molecule has 7 nitrogen and oxygen atoms in total. The topological polar surface area (TPSA) is 86.1 Å². The molecule has 4 rings (SSSR count). The molecule has 1 aliphatic rings. The highest BCUT2D eigenvalue weighted by molar-refractivity contribution is 7.99. The van der Waals surface area contributed by atoms with Gasteiger partial charge >= 0.3 is 5.97 Å². The van der Waals surface area contributed by atoms with Gasteiger partial charge in [0, 0.05) is 17.3 Å². The van der Waals surface area contributed by atoms with E-state index in [0.717, 1.165) is 34.4 Å². The molecule has 0 saturated heterocycles. The minimum absolute atomic E-state index is 0.184. The van der Waals surface area contributed by atoms with Crippen LogP contribution in [0.1, 0.15) is 64.3 Å². The van der Waals surface area contributed by atoms with E-state index in [1.54, 1.807) is 6.92 Å². The molecule has 1 N–H and O–H groups in total. The zero-order chi connectivity index (χ0) is 23.5. The van der Waals surface area contributed by atoms with E-state index in [0.29, 0.717) is 22.4 Å². The number of hydrogen-bond acceptors (Lipinski definition) is 7. The number of carbonyl (C=O) groups excluding carboxylic acids is 2. The van der Waals surface area contributed by atoms with Crippen LogP contribution in [0.3, 0.4) is 0 Å². The number of anilines is 1. The monoisotopic (exact) mass is 484 g/mol. The molecule has 1 fully saturated rings. The van der Waals surface area contributed by atoms with Crippen molar-refractivity contribution in [3.05, 3.63) is 57.7 Å². The summed E-state index contributed by atoms with van der Waals surface area (Å²) in [5.41, 5.74) is 2.62. The molecule has 2 aromatic heterocycles. The summed E-state index contributed by atoms with van der Waals surface area (Å²) in [6.45, 7) is 8.67. The van der Waals surface area contributed by atoms with E-state index in [2.05, 4.69) is 51.3 Å². The van der Waals surface area contributed by atoms with Gasteiger partial charge in [-0.1, -0.05) is 42.1 Å². The molecule has 2 unspecified atom stereocenters. The number of aromatic nitrogens is 3. The second-order valence-electron chi connectivity index (χ2n) is 7.99. The molecule has 2 heterocycles. The highest BCUT2D eigenvalue weighted by atomic mass is 32.2. The number of esters is 1. The molecule has 0 aliphatic heterocycles. The molecule has 33 heavy (non-hydrogen) atoms. The van der Waals surface area contributed by atoms with E-state index in [9.17, 15) is 9.59 Å². The first-order valence-electron chi connectivity index (χ1n) is 11.1. The van der Waals surface area contributed by atoms with Crippen LogP contribution in [0.15, 0.2) is 35.5 Å². The number of benzene rings is 1. The zero-order valence-corrected chi connectivity index (χ0v) is 20.9. The first-order chi connectivity index (χ1) is 15.9. The second kappa shape index (κ2) is 10.1.